The Morgan fingerprint density at radius 2 is 2.25 bits per heavy atom. The molecule has 0 saturated heterocycles. The van der Waals surface area contributed by atoms with E-state index in [9.17, 15) is 4.39 Å². The third-order valence-corrected chi connectivity index (χ3v) is 3.98. The number of nitrogens with two attached hydrogens (primary N) is 1. The van der Waals surface area contributed by atoms with E-state index < -0.39 is 0 Å². The lowest BCUT2D eigenvalue weighted by atomic mass is 10.2. The first-order chi connectivity index (χ1) is 7.70. The summed E-state index contributed by atoms with van der Waals surface area (Å²) in [5.74, 6) is -0.270. The van der Waals surface area contributed by atoms with Crippen LogP contribution in [0.3, 0.4) is 0 Å². The van der Waals surface area contributed by atoms with Crippen LogP contribution in [0, 0.1) is 12.7 Å². The summed E-state index contributed by atoms with van der Waals surface area (Å²) in [5, 5.41) is 8.79. The van der Waals surface area contributed by atoms with E-state index in [2.05, 4.69) is 10.2 Å². The summed E-state index contributed by atoms with van der Waals surface area (Å²) in [5.41, 5.74) is 6.05. The number of nitrogens with zero attached hydrogens (tertiary/aromatic N) is 2. The van der Waals surface area contributed by atoms with Crippen LogP contribution in [0.4, 0.5) is 4.39 Å². The van der Waals surface area contributed by atoms with Gasteiger partial charge in [-0.3, -0.25) is 0 Å². The first kappa shape index (κ1) is 11.5. The zero-order valence-corrected chi connectivity index (χ0v) is 10.2. The molecule has 0 fully saturated rings. The number of halogens is 1. The Labute approximate surface area is 101 Å². The highest BCUT2D eigenvalue weighted by atomic mass is 32.2. The van der Waals surface area contributed by atoms with Crippen molar-refractivity contribution < 1.29 is 4.39 Å². The van der Waals surface area contributed by atoms with Gasteiger partial charge in [0.25, 0.3) is 0 Å². The molecule has 1 aromatic carbocycles. The largest absolute Gasteiger partial charge is 0.326 e. The molecule has 0 atom stereocenters. The molecule has 1 aromatic heterocycles. The monoisotopic (exact) mass is 255 g/mol. The quantitative estimate of drug-likeness (QED) is 0.916. The lowest BCUT2D eigenvalue weighted by Gasteiger charge is -2.05. The zero-order valence-electron chi connectivity index (χ0n) is 8.61. The number of aromatic nitrogens is 2. The van der Waals surface area contributed by atoms with Gasteiger partial charge in [0.2, 0.25) is 0 Å². The Kier molecular flexibility index (Phi) is 3.52. The first-order valence-electron chi connectivity index (χ1n) is 4.66. The molecule has 6 heteroatoms. The van der Waals surface area contributed by atoms with Crippen molar-refractivity contribution in [2.24, 2.45) is 5.73 Å². The van der Waals surface area contributed by atoms with Crippen LogP contribution < -0.4 is 5.73 Å². The summed E-state index contributed by atoms with van der Waals surface area (Å²) < 4.78 is 14.2. The molecular weight excluding hydrogens is 245 g/mol. The van der Waals surface area contributed by atoms with Crippen molar-refractivity contribution in [1.29, 1.82) is 0 Å². The second-order valence-corrected chi connectivity index (χ2v) is 5.58. The van der Waals surface area contributed by atoms with Gasteiger partial charge in [-0.1, -0.05) is 29.2 Å². The maximum atomic E-state index is 13.4. The van der Waals surface area contributed by atoms with Crippen LogP contribution in [0.2, 0.25) is 0 Å². The third-order valence-electron chi connectivity index (χ3n) is 1.98. The van der Waals surface area contributed by atoms with Crippen molar-refractivity contribution in [3.8, 4) is 0 Å². The predicted octanol–water partition coefficient (Wildman–Crippen LogP) is 2.60. The highest BCUT2D eigenvalue weighted by molar-refractivity contribution is 8.01. The standard InChI is InChI=1S/C10H10FN3S2/c1-6-13-14-10(15-6)16-9-4-2-3-8(11)7(9)5-12/h2-4H,5,12H2,1H3. The van der Waals surface area contributed by atoms with Gasteiger partial charge >= 0.3 is 0 Å². The molecule has 0 unspecified atom stereocenters. The van der Waals surface area contributed by atoms with E-state index in [0.29, 0.717) is 5.56 Å². The van der Waals surface area contributed by atoms with E-state index in [-0.39, 0.29) is 12.4 Å². The van der Waals surface area contributed by atoms with Crippen LogP contribution in [0.5, 0.6) is 0 Å². The Morgan fingerprint density at radius 1 is 1.44 bits per heavy atom. The van der Waals surface area contributed by atoms with E-state index in [1.165, 1.54) is 29.2 Å². The topological polar surface area (TPSA) is 51.8 Å². The van der Waals surface area contributed by atoms with Gasteiger partial charge in [-0.15, -0.1) is 10.2 Å². The maximum absolute atomic E-state index is 13.4. The normalized spacial score (nSPS) is 10.7. The molecular formula is C10H10FN3S2. The van der Waals surface area contributed by atoms with Crippen molar-refractivity contribution in [3.63, 3.8) is 0 Å². The van der Waals surface area contributed by atoms with Crippen LogP contribution in [0.1, 0.15) is 10.6 Å². The van der Waals surface area contributed by atoms with Crippen molar-refractivity contribution in [1.82, 2.24) is 10.2 Å². The first-order valence-corrected chi connectivity index (χ1v) is 6.29. The molecule has 1 heterocycles. The highest BCUT2D eigenvalue weighted by Gasteiger charge is 2.10. The smallest absolute Gasteiger partial charge is 0.179 e. The summed E-state index contributed by atoms with van der Waals surface area (Å²) in [6, 6.07) is 4.93. The van der Waals surface area contributed by atoms with Crippen LogP contribution in [0.15, 0.2) is 27.4 Å². The van der Waals surface area contributed by atoms with Gasteiger partial charge in [0, 0.05) is 17.0 Å². The van der Waals surface area contributed by atoms with Crippen molar-refractivity contribution >= 4 is 23.1 Å². The van der Waals surface area contributed by atoms with Crippen LogP contribution >= 0.6 is 23.1 Å². The second-order valence-electron chi connectivity index (χ2n) is 3.11. The molecule has 0 bridgehead atoms. The van der Waals surface area contributed by atoms with E-state index in [0.717, 1.165) is 14.2 Å². The molecule has 2 aromatic rings. The summed E-state index contributed by atoms with van der Waals surface area (Å²) >= 11 is 2.88. The minimum absolute atomic E-state index is 0.187. The van der Waals surface area contributed by atoms with Gasteiger partial charge in [0.05, 0.1) is 0 Å². The van der Waals surface area contributed by atoms with Gasteiger partial charge < -0.3 is 5.73 Å². The number of hydrogen-bond donors (Lipinski definition) is 1. The van der Waals surface area contributed by atoms with Gasteiger partial charge in [-0.25, -0.2) is 4.39 Å². The average Bonchev–Trinajstić information content (AvgIpc) is 2.64. The minimum atomic E-state index is -0.270. The lowest BCUT2D eigenvalue weighted by molar-refractivity contribution is 0.604. The summed E-state index contributed by atoms with van der Waals surface area (Å²) in [4.78, 5) is 0.804. The number of hydrogen-bond acceptors (Lipinski definition) is 5. The van der Waals surface area contributed by atoms with Crippen LogP contribution in [0.25, 0.3) is 0 Å². The third kappa shape index (κ3) is 2.40. The second kappa shape index (κ2) is 4.90. The molecule has 84 valence electrons. The Hall–Kier alpha value is -0.980. The van der Waals surface area contributed by atoms with Gasteiger partial charge in [0.15, 0.2) is 4.34 Å². The Morgan fingerprint density at radius 3 is 2.88 bits per heavy atom. The van der Waals surface area contributed by atoms with Crippen molar-refractivity contribution in [2.75, 3.05) is 0 Å². The molecule has 0 radical (unpaired) electrons. The summed E-state index contributed by atoms with van der Waals surface area (Å²) in [6.07, 6.45) is 0. The highest BCUT2D eigenvalue weighted by Crippen LogP contribution is 2.33. The maximum Gasteiger partial charge on any atom is 0.179 e. The van der Waals surface area contributed by atoms with Crippen LogP contribution in [-0.4, -0.2) is 10.2 Å². The number of rotatable bonds is 3. The molecule has 0 saturated carbocycles. The van der Waals surface area contributed by atoms with Crippen molar-refractivity contribution in [2.45, 2.75) is 22.7 Å². The number of aryl methyl sites for hydroxylation is 1. The molecule has 3 nitrogen and oxygen atoms in total. The predicted molar refractivity (Wildman–Crippen MR) is 63.1 cm³/mol. The summed E-state index contributed by atoms with van der Waals surface area (Å²) in [6.45, 7) is 2.07. The Bertz CT molecular complexity index is 499. The molecule has 0 aliphatic heterocycles. The van der Waals surface area contributed by atoms with Gasteiger partial charge in [-0.05, 0) is 19.1 Å². The fourth-order valence-corrected chi connectivity index (χ4v) is 3.18. The minimum Gasteiger partial charge on any atom is -0.326 e. The van der Waals surface area contributed by atoms with Gasteiger partial charge in [-0.2, -0.15) is 0 Å². The number of benzene rings is 1. The molecule has 2 rings (SSSR count). The van der Waals surface area contributed by atoms with Gasteiger partial charge in [0.1, 0.15) is 10.8 Å². The van der Waals surface area contributed by atoms with E-state index >= 15 is 0 Å². The molecule has 0 aliphatic carbocycles. The average molecular weight is 255 g/mol. The zero-order chi connectivity index (χ0) is 11.5. The fraction of sp³-hybridized carbons (Fsp3) is 0.200. The molecule has 0 spiro atoms. The lowest BCUT2D eigenvalue weighted by Crippen LogP contribution is -2.01. The van der Waals surface area contributed by atoms with E-state index in [1.807, 2.05) is 13.0 Å². The molecule has 16 heavy (non-hydrogen) atoms. The Balaban J connectivity index is 2.30. The molecule has 0 amide bonds. The van der Waals surface area contributed by atoms with Crippen molar-refractivity contribution in [3.05, 3.63) is 34.6 Å². The summed E-state index contributed by atoms with van der Waals surface area (Å²) in [7, 11) is 0. The molecule has 0 aliphatic rings. The van der Waals surface area contributed by atoms with Crippen LogP contribution in [-0.2, 0) is 6.54 Å². The fourth-order valence-electron chi connectivity index (χ4n) is 1.25. The SMILES string of the molecule is Cc1nnc(Sc2cccc(F)c2CN)s1. The van der Waals surface area contributed by atoms with E-state index in [4.69, 9.17) is 5.73 Å². The van der Waals surface area contributed by atoms with E-state index in [1.54, 1.807) is 6.07 Å². The molecule has 2 N–H and O–H groups in total.